The van der Waals surface area contributed by atoms with Crippen molar-refractivity contribution in [2.75, 3.05) is 10.6 Å². The van der Waals surface area contributed by atoms with E-state index in [0.29, 0.717) is 26.6 Å². The Morgan fingerprint density at radius 2 is 1.90 bits per heavy atom. The van der Waals surface area contributed by atoms with Gasteiger partial charge in [-0.1, -0.05) is 53.6 Å². The van der Waals surface area contributed by atoms with Gasteiger partial charge in [0.2, 0.25) is 5.13 Å². The number of aromatic nitrogens is 2. The summed E-state index contributed by atoms with van der Waals surface area (Å²) >= 11 is 13.3. The monoisotopic (exact) mass is 464 g/mol. The van der Waals surface area contributed by atoms with E-state index in [1.807, 2.05) is 6.92 Å². The zero-order valence-electron chi connectivity index (χ0n) is 16.1. The molecule has 1 aromatic heterocycles. The van der Waals surface area contributed by atoms with Crippen LogP contribution in [0.2, 0.25) is 10.0 Å². The molecular formula is C20H18Cl2N4O3S. The number of para-hydroxylation sites is 1. The van der Waals surface area contributed by atoms with E-state index in [1.54, 1.807) is 43.3 Å². The topological polar surface area (TPSA) is 93.2 Å². The van der Waals surface area contributed by atoms with Gasteiger partial charge in [0, 0.05) is 5.02 Å². The number of hydrogen-bond acceptors (Lipinski definition) is 6. The molecule has 2 aromatic carbocycles. The molecule has 30 heavy (non-hydrogen) atoms. The number of anilines is 2. The molecule has 0 fully saturated rings. The predicted molar refractivity (Wildman–Crippen MR) is 119 cm³/mol. The zero-order chi connectivity index (χ0) is 21.7. The van der Waals surface area contributed by atoms with Crippen LogP contribution in [0.4, 0.5) is 10.8 Å². The molecule has 0 saturated carbocycles. The van der Waals surface area contributed by atoms with Crippen LogP contribution in [0.5, 0.6) is 5.75 Å². The molecule has 0 aliphatic heterocycles. The van der Waals surface area contributed by atoms with Crippen LogP contribution < -0.4 is 15.4 Å². The Kier molecular flexibility index (Phi) is 7.25. The first-order chi connectivity index (χ1) is 14.4. The predicted octanol–water partition coefficient (Wildman–Crippen LogP) is 5.07. The minimum Gasteiger partial charge on any atom is -0.479 e. The average molecular weight is 465 g/mol. The van der Waals surface area contributed by atoms with Crippen molar-refractivity contribution in [2.24, 2.45) is 0 Å². The number of nitrogens with zero attached hydrogens (tertiary/aromatic N) is 2. The molecule has 0 radical (unpaired) electrons. The lowest BCUT2D eigenvalue weighted by atomic mass is 10.1. The van der Waals surface area contributed by atoms with Crippen LogP contribution in [0.25, 0.3) is 0 Å². The van der Waals surface area contributed by atoms with E-state index >= 15 is 0 Å². The van der Waals surface area contributed by atoms with Gasteiger partial charge >= 0.3 is 0 Å². The summed E-state index contributed by atoms with van der Waals surface area (Å²) in [6.45, 7) is 3.54. The number of carbonyl (C=O) groups is 2. The van der Waals surface area contributed by atoms with Crippen LogP contribution >= 0.6 is 34.5 Å². The van der Waals surface area contributed by atoms with Crippen LogP contribution in [0, 0.1) is 0 Å². The average Bonchev–Trinajstić information content (AvgIpc) is 3.17. The number of aryl methyl sites for hydroxylation is 1. The Balaban J connectivity index is 1.70. The Morgan fingerprint density at radius 1 is 1.13 bits per heavy atom. The summed E-state index contributed by atoms with van der Waals surface area (Å²) in [4.78, 5) is 25.3. The molecule has 0 saturated heterocycles. The molecule has 7 nitrogen and oxygen atoms in total. The van der Waals surface area contributed by atoms with Gasteiger partial charge in [-0.2, -0.15) is 0 Å². The summed E-state index contributed by atoms with van der Waals surface area (Å²) in [5, 5.41) is 15.3. The Hall–Kier alpha value is -2.68. The number of benzene rings is 2. The minimum absolute atomic E-state index is 0.288. The highest BCUT2D eigenvalue weighted by atomic mass is 35.5. The molecule has 1 heterocycles. The van der Waals surface area contributed by atoms with Crippen LogP contribution in [0.15, 0.2) is 42.5 Å². The highest BCUT2D eigenvalue weighted by Crippen LogP contribution is 2.28. The van der Waals surface area contributed by atoms with Gasteiger partial charge in [-0.05, 0) is 43.7 Å². The van der Waals surface area contributed by atoms with Gasteiger partial charge in [-0.15, -0.1) is 10.2 Å². The Morgan fingerprint density at radius 3 is 2.60 bits per heavy atom. The van der Waals surface area contributed by atoms with Crippen molar-refractivity contribution in [2.45, 2.75) is 26.4 Å². The van der Waals surface area contributed by atoms with Crippen molar-refractivity contribution in [1.29, 1.82) is 0 Å². The molecule has 156 valence electrons. The first-order valence-electron chi connectivity index (χ1n) is 9.02. The molecule has 1 unspecified atom stereocenters. The molecule has 1 atom stereocenters. The third kappa shape index (κ3) is 5.47. The van der Waals surface area contributed by atoms with Gasteiger partial charge in [-0.3, -0.25) is 14.9 Å². The smallest absolute Gasteiger partial charge is 0.265 e. The number of rotatable bonds is 7. The Labute approximate surface area is 187 Å². The third-order valence-electron chi connectivity index (χ3n) is 3.99. The van der Waals surface area contributed by atoms with Crippen LogP contribution in [0.3, 0.4) is 0 Å². The fraction of sp³-hybridized carbons (Fsp3) is 0.200. The zero-order valence-corrected chi connectivity index (χ0v) is 18.4. The summed E-state index contributed by atoms with van der Waals surface area (Å²) < 4.78 is 5.63. The first-order valence-corrected chi connectivity index (χ1v) is 10.6. The standard InChI is InChI=1S/C20H18Cl2N4O3S/c1-3-17-25-26-20(30-17)24-19(28)13-6-4-5-7-15(13)23-18(27)11(2)29-16-9-8-12(21)10-14(16)22/h4-11H,3H2,1-2H3,(H,23,27)(H,24,26,28). The summed E-state index contributed by atoms with van der Waals surface area (Å²) in [6.07, 6.45) is -0.134. The highest BCUT2D eigenvalue weighted by molar-refractivity contribution is 7.15. The maximum absolute atomic E-state index is 12.7. The second-order valence-corrected chi connectivity index (χ2v) is 8.08. The molecule has 0 spiro atoms. The van der Waals surface area contributed by atoms with E-state index in [-0.39, 0.29) is 5.56 Å². The van der Waals surface area contributed by atoms with Crippen molar-refractivity contribution in [3.63, 3.8) is 0 Å². The largest absolute Gasteiger partial charge is 0.479 e. The SMILES string of the molecule is CCc1nnc(NC(=O)c2ccccc2NC(=O)C(C)Oc2ccc(Cl)cc2Cl)s1. The van der Waals surface area contributed by atoms with Gasteiger partial charge < -0.3 is 10.1 Å². The van der Waals surface area contributed by atoms with Crippen LogP contribution in [0.1, 0.15) is 29.2 Å². The van der Waals surface area contributed by atoms with E-state index in [4.69, 9.17) is 27.9 Å². The molecular weight excluding hydrogens is 447 g/mol. The highest BCUT2D eigenvalue weighted by Gasteiger charge is 2.20. The third-order valence-corrected chi connectivity index (χ3v) is 5.50. The number of carbonyl (C=O) groups excluding carboxylic acids is 2. The molecule has 10 heteroatoms. The van der Waals surface area contributed by atoms with E-state index in [0.717, 1.165) is 11.4 Å². The number of amides is 2. The molecule has 3 rings (SSSR count). The fourth-order valence-electron chi connectivity index (χ4n) is 2.45. The van der Waals surface area contributed by atoms with Crippen LogP contribution in [-0.4, -0.2) is 28.1 Å². The van der Waals surface area contributed by atoms with Crippen molar-refractivity contribution in [3.8, 4) is 5.75 Å². The number of nitrogens with one attached hydrogen (secondary N) is 2. The molecule has 2 amide bonds. The van der Waals surface area contributed by atoms with Gasteiger partial charge in [-0.25, -0.2) is 0 Å². The molecule has 3 aromatic rings. The number of halogens is 2. The lowest BCUT2D eigenvalue weighted by molar-refractivity contribution is -0.122. The second-order valence-electron chi connectivity index (χ2n) is 6.18. The maximum Gasteiger partial charge on any atom is 0.265 e. The van der Waals surface area contributed by atoms with Crippen molar-refractivity contribution < 1.29 is 14.3 Å². The molecule has 0 aliphatic carbocycles. The van der Waals surface area contributed by atoms with Gasteiger partial charge in [0.1, 0.15) is 10.8 Å². The minimum atomic E-state index is -0.866. The normalized spacial score (nSPS) is 11.6. The summed E-state index contributed by atoms with van der Waals surface area (Å²) in [5.74, 6) is -0.512. The van der Waals surface area contributed by atoms with E-state index < -0.39 is 17.9 Å². The summed E-state index contributed by atoms with van der Waals surface area (Å²) in [6, 6.07) is 11.4. The van der Waals surface area contributed by atoms with Gasteiger partial charge in [0.05, 0.1) is 16.3 Å². The number of ether oxygens (including phenoxy) is 1. The fourth-order valence-corrected chi connectivity index (χ4v) is 3.58. The summed E-state index contributed by atoms with van der Waals surface area (Å²) in [7, 11) is 0. The van der Waals surface area contributed by atoms with Gasteiger partial charge in [0.15, 0.2) is 6.10 Å². The summed E-state index contributed by atoms with van der Waals surface area (Å²) in [5.41, 5.74) is 0.633. The lowest BCUT2D eigenvalue weighted by Crippen LogP contribution is -2.31. The van der Waals surface area contributed by atoms with E-state index in [2.05, 4.69) is 20.8 Å². The van der Waals surface area contributed by atoms with Gasteiger partial charge in [0.25, 0.3) is 11.8 Å². The van der Waals surface area contributed by atoms with Crippen molar-refractivity contribution in [3.05, 3.63) is 63.1 Å². The second kappa shape index (κ2) is 9.88. The van der Waals surface area contributed by atoms with E-state index in [1.165, 1.54) is 17.4 Å². The molecule has 0 aliphatic rings. The van der Waals surface area contributed by atoms with E-state index in [9.17, 15) is 9.59 Å². The Bertz CT molecular complexity index is 1070. The van der Waals surface area contributed by atoms with Crippen molar-refractivity contribution >= 4 is 57.2 Å². The van der Waals surface area contributed by atoms with Crippen molar-refractivity contribution in [1.82, 2.24) is 10.2 Å². The number of hydrogen-bond donors (Lipinski definition) is 2. The maximum atomic E-state index is 12.7. The van der Waals surface area contributed by atoms with Crippen LogP contribution in [-0.2, 0) is 11.2 Å². The lowest BCUT2D eigenvalue weighted by Gasteiger charge is -2.17. The molecule has 0 bridgehead atoms. The molecule has 2 N–H and O–H groups in total. The first kappa shape index (κ1) is 22.0. The quantitative estimate of drug-likeness (QED) is 0.509.